The standard InChI is InChI=1S/C15H23NO/c1-15(2,16)10-11-8-9-14(17-3)13-7-5-4-6-12(11)13/h8-9H,4-7,10,16H2,1-3H3. The molecule has 17 heavy (non-hydrogen) atoms. The minimum atomic E-state index is -0.139. The summed E-state index contributed by atoms with van der Waals surface area (Å²) >= 11 is 0. The topological polar surface area (TPSA) is 35.2 Å². The summed E-state index contributed by atoms with van der Waals surface area (Å²) in [6.45, 7) is 4.18. The van der Waals surface area contributed by atoms with E-state index in [1.54, 1.807) is 7.11 Å². The van der Waals surface area contributed by atoms with Crippen molar-refractivity contribution in [1.29, 1.82) is 0 Å². The monoisotopic (exact) mass is 233 g/mol. The molecule has 0 saturated carbocycles. The summed E-state index contributed by atoms with van der Waals surface area (Å²) in [5.74, 6) is 1.05. The van der Waals surface area contributed by atoms with E-state index in [1.807, 2.05) is 0 Å². The van der Waals surface area contributed by atoms with Crippen molar-refractivity contribution in [2.24, 2.45) is 5.73 Å². The van der Waals surface area contributed by atoms with Crippen LogP contribution in [0.3, 0.4) is 0 Å². The molecule has 1 aliphatic rings. The summed E-state index contributed by atoms with van der Waals surface area (Å²) in [6, 6.07) is 4.29. The van der Waals surface area contributed by atoms with Gasteiger partial charge in [-0.2, -0.15) is 0 Å². The lowest BCUT2D eigenvalue weighted by molar-refractivity contribution is 0.405. The largest absolute Gasteiger partial charge is 0.496 e. The van der Waals surface area contributed by atoms with Crippen LogP contribution in [0.15, 0.2) is 12.1 Å². The Morgan fingerprint density at radius 2 is 1.82 bits per heavy atom. The van der Waals surface area contributed by atoms with Crippen LogP contribution in [-0.2, 0) is 19.3 Å². The molecule has 0 amide bonds. The fourth-order valence-corrected chi connectivity index (χ4v) is 2.76. The third-order valence-corrected chi connectivity index (χ3v) is 3.45. The number of methoxy groups -OCH3 is 1. The smallest absolute Gasteiger partial charge is 0.122 e. The second kappa shape index (κ2) is 4.69. The van der Waals surface area contributed by atoms with Crippen LogP contribution in [0.25, 0.3) is 0 Å². The van der Waals surface area contributed by atoms with Gasteiger partial charge < -0.3 is 10.5 Å². The first-order valence-electron chi connectivity index (χ1n) is 6.48. The number of benzene rings is 1. The van der Waals surface area contributed by atoms with Crippen molar-refractivity contribution >= 4 is 0 Å². The highest BCUT2D eigenvalue weighted by Crippen LogP contribution is 2.33. The lowest BCUT2D eigenvalue weighted by Crippen LogP contribution is -2.35. The fourth-order valence-electron chi connectivity index (χ4n) is 2.76. The molecule has 0 radical (unpaired) electrons. The summed E-state index contributed by atoms with van der Waals surface area (Å²) in [5.41, 5.74) is 10.3. The third kappa shape index (κ3) is 2.81. The summed E-state index contributed by atoms with van der Waals surface area (Å²) in [7, 11) is 1.76. The molecule has 2 rings (SSSR count). The molecule has 94 valence electrons. The van der Waals surface area contributed by atoms with E-state index in [1.165, 1.54) is 36.0 Å². The van der Waals surface area contributed by atoms with Crippen LogP contribution in [-0.4, -0.2) is 12.6 Å². The van der Waals surface area contributed by atoms with Gasteiger partial charge >= 0.3 is 0 Å². The Bertz CT molecular complexity index is 404. The van der Waals surface area contributed by atoms with Crippen LogP contribution in [0.1, 0.15) is 43.4 Å². The molecule has 0 saturated heterocycles. The zero-order valence-corrected chi connectivity index (χ0v) is 11.2. The van der Waals surface area contributed by atoms with Crippen molar-refractivity contribution in [1.82, 2.24) is 0 Å². The highest BCUT2D eigenvalue weighted by atomic mass is 16.5. The minimum absolute atomic E-state index is 0.139. The molecule has 0 fully saturated rings. The SMILES string of the molecule is COc1ccc(CC(C)(C)N)c2c1CCCC2. The van der Waals surface area contributed by atoms with Crippen LogP contribution < -0.4 is 10.5 Å². The van der Waals surface area contributed by atoms with E-state index in [9.17, 15) is 0 Å². The Morgan fingerprint density at radius 3 is 2.41 bits per heavy atom. The Morgan fingerprint density at radius 1 is 1.18 bits per heavy atom. The zero-order chi connectivity index (χ0) is 12.5. The van der Waals surface area contributed by atoms with Gasteiger partial charge in [0.25, 0.3) is 0 Å². The van der Waals surface area contributed by atoms with Gasteiger partial charge in [-0.25, -0.2) is 0 Å². The van der Waals surface area contributed by atoms with Gasteiger partial charge in [0.2, 0.25) is 0 Å². The highest BCUT2D eigenvalue weighted by molar-refractivity contribution is 5.47. The van der Waals surface area contributed by atoms with Crippen LogP contribution >= 0.6 is 0 Å². The summed E-state index contributed by atoms with van der Waals surface area (Å²) in [4.78, 5) is 0. The number of ether oxygens (including phenoxy) is 1. The first-order valence-corrected chi connectivity index (χ1v) is 6.48. The maximum absolute atomic E-state index is 6.14. The quantitative estimate of drug-likeness (QED) is 0.871. The fraction of sp³-hybridized carbons (Fsp3) is 0.600. The van der Waals surface area contributed by atoms with E-state index in [2.05, 4.69) is 26.0 Å². The van der Waals surface area contributed by atoms with E-state index in [0.29, 0.717) is 0 Å². The molecule has 1 aromatic rings. The first-order chi connectivity index (χ1) is 8.01. The van der Waals surface area contributed by atoms with Gasteiger partial charge in [0.15, 0.2) is 0 Å². The second-order valence-electron chi connectivity index (χ2n) is 5.76. The molecule has 2 heteroatoms. The van der Waals surface area contributed by atoms with Crippen LogP contribution in [0.4, 0.5) is 0 Å². The number of hydrogen-bond acceptors (Lipinski definition) is 2. The average Bonchev–Trinajstić information content (AvgIpc) is 2.28. The lowest BCUT2D eigenvalue weighted by atomic mass is 9.83. The van der Waals surface area contributed by atoms with Crippen LogP contribution in [0, 0.1) is 0 Å². The Balaban J connectivity index is 2.40. The molecule has 0 spiro atoms. The maximum Gasteiger partial charge on any atom is 0.122 e. The molecular weight excluding hydrogens is 210 g/mol. The molecule has 0 unspecified atom stereocenters. The van der Waals surface area contributed by atoms with Crippen molar-refractivity contribution in [3.05, 3.63) is 28.8 Å². The van der Waals surface area contributed by atoms with E-state index in [-0.39, 0.29) is 5.54 Å². The van der Waals surface area contributed by atoms with Gasteiger partial charge in [0, 0.05) is 5.54 Å². The van der Waals surface area contributed by atoms with Gasteiger partial charge in [-0.3, -0.25) is 0 Å². The van der Waals surface area contributed by atoms with Crippen LogP contribution in [0.2, 0.25) is 0 Å². The van der Waals surface area contributed by atoms with Crippen molar-refractivity contribution in [3.8, 4) is 5.75 Å². The summed E-state index contributed by atoms with van der Waals surface area (Å²) < 4.78 is 5.47. The maximum atomic E-state index is 6.14. The third-order valence-electron chi connectivity index (χ3n) is 3.45. The predicted molar refractivity (Wildman–Crippen MR) is 71.6 cm³/mol. The minimum Gasteiger partial charge on any atom is -0.496 e. The molecule has 0 heterocycles. The van der Waals surface area contributed by atoms with E-state index in [4.69, 9.17) is 10.5 Å². The molecule has 0 aromatic heterocycles. The molecular formula is C15H23NO. The number of rotatable bonds is 3. The Hall–Kier alpha value is -1.02. The Kier molecular flexibility index (Phi) is 3.43. The molecule has 1 aliphatic carbocycles. The van der Waals surface area contributed by atoms with Crippen LogP contribution in [0.5, 0.6) is 5.75 Å². The van der Waals surface area contributed by atoms with Gasteiger partial charge in [-0.05, 0) is 68.7 Å². The number of nitrogens with two attached hydrogens (primary N) is 1. The second-order valence-corrected chi connectivity index (χ2v) is 5.76. The van der Waals surface area contributed by atoms with Gasteiger partial charge in [-0.15, -0.1) is 0 Å². The zero-order valence-electron chi connectivity index (χ0n) is 11.2. The van der Waals surface area contributed by atoms with Crippen molar-refractivity contribution in [3.63, 3.8) is 0 Å². The molecule has 0 atom stereocenters. The Labute approximate surface area is 104 Å². The van der Waals surface area contributed by atoms with Gasteiger partial charge in [0.05, 0.1) is 7.11 Å². The summed E-state index contributed by atoms with van der Waals surface area (Å²) in [5, 5.41) is 0. The van der Waals surface area contributed by atoms with Gasteiger partial charge in [0.1, 0.15) is 5.75 Å². The average molecular weight is 233 g/mol. The van der Waals surface area contributed by atoms with Crippen molar-refractivity contribution < 1.29 is 4.74 Å². The molecule has 1 aromatic carbocycles. The number of fused-ring (bicyclic) bond motifs is 1. The lowest BCUT2D eigenvalue weighted by Gasteiger charge is -2.26. The van der Waals surface area contributed by atoms with Crippen molar-refractivity contribution in [2.75, 3.05) is 7.11 Å². The predicted octanol–water partition coefficient (Wildman–Crippen LogP) is 2.85. The highest BCUT2D eigenvalue weighted by Gasteiger charge is 2.20. The molecule has 0 bridgehead atoms. The summed E-state index contributed by atoms with van der Waals surface area (Å²) in [6.07, 6.45) is 5.84. The first kappa shape index (κ1) is 12.4. The van der Waals surface area contributed by atoms with E-state index < -0.39 is 0 Å². The van der Waals surface area contributed by atoms with E-state index in [0.717, 1.165) is 18.6 Å². The normalized spacial score (nSPS) is 15.5. The molecule has 2 N–H and O–H groups in total. The molecule has 2 nitrogen and oxygen atoms in total. The van der Waals surface area contributed by atoms with Crippen molar-refractivity contribution in [2.45, 2.75) is 51.5 Å². The van der Waals surface area contributed by atoms with E-state index >= 15 is 0 Å². The number of hydrogen-bond donors (Lipinski definition) is 1. The molecule has 0 aliphatic heterocycles. The van der Waals surface area contributed by atoms with Gasteiger partial charge in [-0.1, -0.05) is 6.07 Å².